The van der Waals surface area contributed by atoms with Crippen LogP contribution in [0.2, 0.25) is 0 Å². The fourth-order valence-corrected chi connectivity index (χ4v) is 7.38. The molecular weight excluding hydrogens is 657 g/mol. The summed E-state index contributed by atoms with van der Waals surface area (Å²) in [6, 6.07) is 67.4. The number of hydrogen-bond acceptors (Lipinski definition) is 4. The van der Waals surface area contributed by atoms with E-state index in [0.29, 0.717) is 5.82 Å². The van der Waals surface area contributed by atoms with Gasteiger partial charge >= 0.3 is 0 Å². The van der Waals surface area contributed by atoms with Crippen molar-refractivity contribution in [2.24, 2.45) is 0 Å². The Kier molecular flexibility index (Phi) is 7.77. The molecule has 0 aliphatic carbocycles. The quantitative estimate of drug-likeness (QED) is 0.163. The van der Waals surface area contributed by atoms with Crippen molar-refractivity contribution in [1.29, 1.82) is 0 Å². The SMILES string of the molecule is c1ccc(-c2cc(-c3cccc(-c4ccc(-c5ccc6ccc7ccc(-c8ccccc8)nc7c6n5)c5ccccc45)c3)nc(-c3ccccc3)n2)cc1. The van der Waals surface area contributed by atoms with Crippen molar-refractivity contribution in [3.63, 3.8) is 0 Å². The molecule has 10 aromatic rings. The van der Waals surface area contributed by atoms with Crippen molar-refractivity contribution >= 4 is 32.6 Å². The van der Waals surface area contributed by atoms with Gasteiger partial charge in [0.05, 0.1) is 33.8 Å². The standard InChI is InChI=1S/C50H32N4/c1-4-13-33(14-5-1)44-29-25-35-23-24-36-26-30-45(52-49(36)48(35)51-44)43-28-27-40(41-21-10-11-22-42(41)43)38-19-12-20-39(31-38)47-32-46(34-15-6-2-7-16-34)53-50(54-47)37-17-8-3-9-18-37/h1-32H. The molecule has 0 saturated carbocycles. The first-order chi connectivity index (χ1) is 26.7. The summed E-state index contributed by atoms with van der Waals surface area (Å²) < 4.78 is 0. The molecule has 0 aliphatic rings. The van der Waals surface area contributed by atoms with Crippen molar-refractivity contribution < 1.29 is 0 Å². The second-order valence-corrected chi connectivity index (χ2v) is 13.4. The highest BCUT2D eigenvalue weighted by Gasteiger charge is 2.15. The van der Waals surface area contributed by atoms with Gasteiger partial charge in [0, 0.05) is 38.6 Å². The minimum Gasteiger partial charge on any atom is -0.245 e. The molecule has 0 aliphatic heterocycles. The normalized spacial score (nSPS) is 11.3. The van der Waals surface area contributed by atoms with Gasteiger partial charge in [0.15, 0.2) is 5.82 Å². The molecule has 252 valence electrons. The monoisotopic (exact) mass is 688 g/mol. The van der Waals surface area contributed by atoms with Crippen LogP contribution in [0.15, 0.2) is 194 Å². The minimum absolute atomic E-state index is 0.703. The zero-order chi connectivity index (χ0) is 35.8. The number of rotatable bonds is 6. The number of nitrogens with zero attached hydrogens (tertiary/aromatic N) is 4. The summed E-state index contributed by atoms with van der Waals surface area (Å²) >= 11 is 0. The summed E-state index contributed by atoms with van der Waals surface area (Å²) in [5.74, 6) is 0.703. The maximum atomic E-state index is 5.30. The summed E-state index contributed by atoms with van der Waals surface area (Å²) in [5.41, 5.74) is 12.9. The number of hydrogen-bond donors (Lipinski definition) is 0. The van der Waals surface area contributed by atoms with Crippen molar-refractivity contribution in [2.45, 2.75) is 0 Å². The molecule has 0 N–H and O–H groups in total. The van der Waals surface area contributed by atoms with E-state index in [-0.39, 0.29) is 0 Å². The van der Waals surface area contributed by atoms with Crippen LogP contribution in [-0.2, 0) is 0 Å². The molecule has 0 bridgehead atoms. The van der Waals surface area contributed by atoms with Crippen molar-refractivity contribution in [3.8, 4) is 67.5 Å². The van der Waals surface area contributed by atoms with E-state index in [1.165, 1.54) is 0 Å². The third kappa shape index (κ3) is 5.76. The van der Waals surface area contributed by atoms with E-state index in [1.807, 2.05) is 54.6 Å². The largest absolute Gasteiger partial charge is 0.245 e. The molecule has 54 heavy (non-hydrogen) atoms. The lowest BCUT2D eigenvalue weighted by Crippen LogP contribution is -1.96. The van der Waals surface area contributed by atoms with Gasteiger partial charge in [-0.05, 0) is 46.2 Å². The van der Waals surface area contributed by atoms with Crippen molar-refractivity contribution in [2.75, 3.05) is 0 Å². The molecule has 3 heterocycles. The maximum Gasteiger partial charge on any atom is 0.160 e. The Bertz CT molecular complexity index is 2920. The number of pyridine rings is 2. The van der Waals surface area contributed by atoms with Crippen LogP contribution in [0, 0.1) is 0 Å². The van der Waals surface area contributed by atoms with Crippen molar-refractivity contribution in [1.82, 2.24) is 19.9 Å². The van der Waals surface area contributed by atoms with Crippen LogP contribution in [-0.4, -0.2) is 19.9 Å². The molecule has 4 heteroatoms. The van der Waals surface area contributed by atoms with E-state index >= 15 is 0 Å². The fraction of sp³-hybridized carbons (Fsp3) is 0. The second kappa shape index (κ2) is 13.4. The number of fused-ring (bicyclic) bond motifs is 4. The van der Waals surface area contributed by atoms with Gasteiger partial charge in [-0.3, -0.25) is 0 Å². The molecule has 10 rings (SSSR count). The van der Waals surface area contributed by atoms with Gasteiger partial charge in [0.1, 0.15) is 0 Å². The highest BCUT2D eigenvalue weighted by atomic mass is 14.9. The Morgan fingerprint density at radius 1 is 0.259 bits per heavy atom. The highest BCUT2D eigenvalue weighted by Crippen LogP contribution is 2.38. The highest BCUT2D eigenvalue weighted by molar-refractivity contribution is 6.07. The zero-order valence-electron chi connectivity index (χ0n) is 29.3. The average Bonchev–Trinajstić information content (AvgIpc) is 3.26. The first-order valence-electron chi connectivity index (χ1n) is 18.1. The smallest absolute Gasteiger partial charge is 0.160 e. The number of benzene rings is 7. The first-order valence-corrected chi connectivity index (χ1v) is 18.1. The molecule has 0 fully saturated rings. The summed E-state index contributed by atoms with van der Waals surface area (Å²) in [6.07, 6.45) is 0. The third-order valence-electron chi connectivity index (χ3n) is 10.1. The van der Waals surface area contributed by atoms with Crippen LogP contribution in [0.4, 0.5) is 0 Å². The molecule has 4 nitrogen and oxygen atoms in total. The Balaban J connectivity index is 1.08. The molecule has 0 radical (unpaired) electrons. The third-order valence-corrected chi connectivity index (χ3v) is 10.1. The van der Waals surface area contributed by atoms with Crippen molar-refractivity contribution in [3.05, 3.63) is 194 Å². The van der Waals surface area contributed by atoms with Crippen LogP contribution in [0.1, 0.15) is 0 Å². The van der Waals surface area contributed by atoms with Crippen LogP contribution in [0.25, 0.3) is 100 Å². The second-order valence-electron chi connectivity index (χ2n) is 13.4. The van der Waals surface area contributed by atoms with E-state index in [9.17, 15) is 0 Å². The molecule has 0 unspecified atom stereocenters. The fourth-order valence-electron chi connectivity index (χ4n) is 7.38. The van der Waals surface area contributed by atoms with Gasteiger partial charge in [-0.15, -0.1) is 0 Å². The molecule has 0 atom stereocenters. The van der Waals surface area contributed by atoms with Crippen LogP contribution < -0.4 is 0 Å². The molecule has 0 saturated heterocycles. The zero-order valence-corrected chi connectivity index (χ0v) is 29.3. The Hall–Kier alpha value is -7.30. The average molecular weight is 689 g/mol. The van der Waals surface area contributed by atoms with E-state index in [2.05, 4.69) is 140 Å². The Labute approximate surface area is 313 Å². The van der Waals surface area contributed by atoms with Gasteiger partial charge in [-0.1, -0.05) is 170 Å². The Morgan fingerprint density at radius 3 is 1.39 bits per heavy atom. The molecule has 0 amide bonds. The van der Waals surface area contributed by atoms with E-state index < -0.39 is 0 Å². The summed E-state index contributed by atoms with van der Waals surface area (Å²) in [7, 11) is 0. The van der Waals surface area contributed by atoms with Crippen LogP contribution >= 0.6 is 0 Å². The van der Waals surface area contributed by atoms with Gasteiger partial charge in [0.2, 0.25) is 0 Å². The Morgan fingerprint density at radius 2 is 0.722 bits per heavy atom. The molecule has 0 spiro atoms. The summed E-state index contributed by atoms with van der Waals surface area (Å²) in [6.45, 7) is 0. The predicted molar refractivity (Wildman–Crippen MR) is 223 cm³/mol. The molecule has 7 aromatic carbocycles. The number of aromatic nitrogens is 4. The predicted octanol–water partition coefficient (Wildman–Crippen LogP) is 12.7. The lowest BCUT2D eigenvalue weighted by atomic mass is 9.92. The van der Waals surface area contributed by atoms with Gasteiger partial charge < -0.3 is 0 Å². The first kappa shape index (κ1) is 31.4. The summed E-state index contributed by atoms with van der Waals surface area (Å²) in [5, 5.41) is 4.44. The topological polar surface area (TPSA) is 51.6 Å². The van der Waals surface area contributed by atoms with Gasteiger partial charge in [-0.2, -0.15) is 0 Å². The van der Waals surface area contributed by atoms with Gasteiger partial charge in [-0.25, -0.2) is 19.9 Å². The maximum absolute atomic E-state index is 5.30. The van der Waals surface area contributed by atoms with E-state index in [4.69, 9.17) is 19.9 Å². The van der Waals surface area contributed by atoms with Gasteiger partial charge in [0.25, 0.3) is 0 Å². The minimum atomic E-state index is 0.703. The lowest BCUT2D eigenvalue weighted by Gasteiger charge is -2.14. The summed E-state index contributed by atoms with van der Waals surface area (Å²) in [4.78, 5) is 20.5. The lowest BCUT2D eigenvalue weighted by molar-refractivity contribution is 1.18. The van der Waals surface area contributed by atoms with E-state index in [1.54, 1.807) is 0 Å². The van der Waals surface area contributed by atoms with Crippen LogP contribution in [0.3, 0.4) is 0 Å². The van der Waals surface area contributed by atoms with Crippen LogP contribution in [0.5, 0.6) is 0 Å². The molecule has 3 aromatic heterocycles. The van der Waals surface area contributed by atoms with E-state index in [0.717, 1.165) is 94.3 Å². The molecular formula is C50H32N4.